The average molecular weight is 261 g/mol. The number of nitrogens with two attached hydrogens (primary N) is 1. The van der Waals surface area contributed by atoms with Crippen LogP contribution < -0.4 is 10.5 Å². The highest BCUT2D eigenvalue weighted by atomic mass is 16.5. The van der Waals surface area contributed by atoms with Gasteiger partial charge in [-0.05, 0) is 19.1 Å². The number of esters is 1. The molecular formula is C13H15N3O3. The van der Waals surface area contributed by atoms with Crippen LogP contribution in [0.2, 0.25) is 0 Å². The van der Waals surface area contributed by atoms with Crippen LogP contribution in [0.1, 0.15) is 17.3 Å². The maximum Gasteiger partial charge on any atom is 0.341 e. The Labute approximate surface area is 110 Å². The molecule has 2 rings (SSSR count). The Balaban J connectivity index is 2.30. The highest BCUT2D eigenvalue weighted by Gasteiger charge is 2.11. The molecule has 2 N–H and O–H groups in total. The Hall–Kier alpha value is -2.50. The van der Waals surface area contributed by atoms with Gasteiger partial charge in [-0.1, -0.05) is 0 Å². The zero-order valence-electron chi connectivity index (χ0n) is 10.8. The van der Waals surface area contributed by atoms with Crippen LogP contribution in [0.5, 0.6) is 5.75 Å². The summed E-state index contributed by atoms with van der Waals surface area (Å²) in [5, 5.41) is 4.11. The first kappa shape index (κ1) is 12.9. The first-order chi connectivity index (χ1) is 9.15. The molecule has 100 valence electrons. The molecule has 0 fully saturated rings. The van der Waals surface area contributed by atoms with E-state index >= 15 is 0 Å². The molecule has 0 aliphatic rings. The van der Waals surface area contributed by atoms with Gasteiger partial charge in [-0.3, -0.25) is 0 Å². The molecule has 0 radical (unpaired) electrons. The molecule has 0 spiro atoms. The molecule has 0 bridgehead atoms. The fourth-order valence-corrected chi connectivity index (χ4v) is 1.63. The number of carbonyl (C=O) groups excluding carboxylic acids is 1. The number of hydrogen-bond acceptors (Lipinski definition) is 5. The van der Waals surface area contributed by atoms with Crippen molar-refractivity contribution in [1.29, 1.82) is 0 Å². The molecule has 0 amide bonds. The Morgan fingerprint density at radius 2 is 2.26 bits per heavy atom. The minimum Gasteiger partial charge on any atom is -0.495 e. The lowest BCUT2D eigenvalue weighted by molar-refractivity contribution is 0.0526. The standard InChI is InChI=1S/C13H15N3O3/c1-3-19-13(17)9-7-15-16(8-9)10-4-5-11(14)12(6-10)18-2/h4-8H,3,14H2,1-2H3. The van der Waals surface area contributed by atoms with E-state index in [9.17, 15) is 4.79 Å². The first-order valence-electron chi connectivity index (χ1n) is 5.81. The minimum atomic E-state index is -0.392. The molecule has 6 nitrogen and oxygen atoms in total. The summed E-state index contributed by atoms with van der Waals surface area (Å²) in [6.07, 6.45) is 3.06. The molecule has 0 saturated heterocycles. The van der Waals surface area contributed by atoms with Crippen molar-refractivity contribution in [3.63, 3.8) is 0 Å². The third-order valence-electron chi connectivity index (χ3n) is 2.58. The number of nitrogen functional groups attached to an aromatic ring is 1. The molecule has 1 heterocycles. The number of methoxy groups -OCH3 is 1. The summed E-state index contributed by atoms with van der Waals surface area (Å²) in [7, 11) is 1.54. The quantitative estimate of drug-likeness (QED) is 0.668. The van der Waals surface area contributed by atoms with Crippen molar-refractivity contribution >= 4 is 11.7 Å². The molecule has 0 saturated carbocycles. The van der Waals surface area contributed by atoms with Gasteiger partial charge < -0.3 is 15.2 Å². The van der Waals surface area contributed by atoms with Crippen molar-refractivity contribution in [3.05, 3.63) is 36.2 Å². The van der Waals surface area contributed by atoms with E-state index in [1.165, 1.54) is 6.20 Å². The van der Waals surface area contributed by atoms with Crippen LogP contribution in [0, 0.1) is 0 Å². The summed E-state index contributed by atoms with van der Waals surface area (Å²) in [5.41, 5.74) is 7.44. The van der Waals surface area contributed by atoms with E-state index in [1.54, 1.807) is 43.1 Å². The first-order valence-corrected chi connectivity index (χ1v) is 5.81. The predicted molar refractivity (Wildman–Crippen MR) is 70.5 cm³/mol. The van der Waals surface area contributed by atoms with Gasteiger partial charge in [0.1, 0.15) is 5.75 Å². The lowest BCUT2D eigenvalue weighted by Crippen LogP contribution is -2.03. The summed E-state index contributed by atoms with van der Waals surface area (Å²) in [4.78, 5) is 11.5. The van der Waals surface area contributed by atoms with Gasteiger partial charge in [-0.2, -0.15) is 5.10 Å². The van der Waals surface area contributed by atoms with Gasteiger partial charge in [0.05, 0.1) is 36.9 Å². The molecule has 19 heavy (non-hydrogen) atoms. The number of benzene rings is 1. The van der Waals surface area contributed by atoms with Gasteiger partial charge in [-0.15, -0.1) is 0 Å². The smallest absolute Gasteiger partial charge is 0.341 e. The van der Waals surface area contributed by atoms with Crippen molar-refractivity contribution in [2.24, 2.45) is 0 Å². The fourth-order valence-electron chi connectivity index (χ4n) is 1.63. The van der Waals surface area contributed by atoms with Crippen LogP contribution in [0.15, 0.2) is 30.6 Å². The Morgan fingerprint density at radius 3 is 2.95 bits per heavy atom. The monoisotopic (exact) mass is 261 g/mol. The zero-order chi connectivity index (χ0) is 13.8. The van der Waals surface area contributed by atoms with E-state index in [4.69, 9.17) is 15.2 Å². The van der Waals surface area contributed by atoms with Crippen molar-refractivity contribution in [3.8, 4) is 11.4 Å². The summed E-state index contributed by atoms with van der Waals surface area (Å²) >= 11 is 0. The van der Waals surface area contributed by atoms with Gasteiger partial charge in [0, 0.05) is 12.3 Å². The van der Waals surface area contributed by atoms with E-state index in [2.05, 4.69) is 5.10 Å². The molecular weight excluding hydrogens is 246 g/mol. The molecule has 2 aromatic rings. The number of ether oxygens (including phenoxy) is 2. The minimum absolute atomic E-state index is 0.333. The maximum absolute atomic E-state index is 11.5. The van der Waals surface area contributed by atoms with Gasteiger partial charge in [-0.25, -0.2) is 9.48 Å². The summed E-state index contributed by atoms with van der Waals surface area (Å²) in [5.74, 6) is 0.168. The van der Waals surface area contributed by atoms with Crippen LogP contribution in [0.4, 0.5) is 5.69 Å². The average Bonchev–Trinajstić information content (AvgIpc) is 2.89. The van der Waals surface area contributed by atoms with E-state index in [0.29, 0.717) is 23.6 Å². The Kier molecular flexibility index (Phi) is 3.70. The Morgan fingerprint density at radius 1 is 1.47 bits per heavy atom. The van der Waals surface area contributed by atoms with Crippen molar-refractivity contribution in [2.75, 3.05) is 19.5 Å². The summed E-state index contributed by atoms with van der Waals surface area (Å²) in [6.45, 7) is 2.09. The number of hydrogen-bond donors (Lipinski definition) is 1. The van der Waals surface area contributed by atoms with Crippen molar-refractivity contribution < 1.29 is 14.3 Å². The van der Waals surface area contributed by atoms with Gasteiger partial charge in [0.2, 0.25) is 0 Å². The third kappa shape index (κ3) is 2.67. The van der Waals surface area contributed by atoms with Crippen molar-refractivity contribution in [2.45, 2.75) is 6.92 Å². The number of anilines is 1. The van der Waals surface area contributed by atoms with Gasteiger partial charge in [0.15, 0.2) is 0 Å². The molecule has 0 atom stereocenters. The predicted octanol–water partition coefficient (Wildman–Crippen LogP) is 1.64. The second kappa shape index (κ2) is 5.43. The second-order valence-corrected chi connectivity index (χ2v) is 3.82. The number of aromatic nitrogens is 2. The maximum atomic E-state index is 11.5. The van der Waals surface area contributed by atoms with E-state index < -0.39 is 5.97 Å². The van der Waals surface area contributed by atoms with E-state index in [1.807, 2.05) is 0 Å². The summed E-state index contributed by atoms with van der Waals surface area (Å²) < 4.78 is 11.6. The molecule has 6 heteroatoms. The van der Waals surface area contributed by atoms with E-state index in [0.717, 1.165) is 5.69 Å². The van der Waals surface area contributed by atoms with Crippen molar-refractivity contribution in [1.82, 2.24) is 9.78 Å². The normalized spacial score (nSPS) is 10.2. The van der Waals surface area contributed by atoms with Crippen LogP contribution in [-0.4, -0.2) is 29.5 Å². The van der Waals surface area contributed by atoms with Crippen LogP contribution in [0.3, 0.4) is 0 Å². The fraction of sp³-hybridized carbons (Fsp3) is 0.231. The zero-order valence-corrected chi connectivity index (χ0v) is 10.8. The van der Waals surface area contributed by atoms with Crippen LogP contribution in [-0.2, 0) is 4.74 Å². The van der Waals surface area contributed by atoms with E-state index in [-0.39, 0.29) is 0 Å². The number of carbonyl (C=O) groups is 1. The molecule has 1 aromatic carbocycles. The highest BCUT2D eigenvalue weighted by Crippen LogP contribution is 2.24. The van der Waals surface area contributed by atoms with Crippen LogP contribution >= 0.6 is 0 Å². The highest BCUT2D eigenvalue weighted by molar-refractivity contribution is 5.88. The van der Waals surface area contributed by atoms with Gasteiger partial charge >= 0.3 is 5.97 Å². The lowest BCUT2D eigenvalue weighted by atomic mass is 10.2. The topological polar surface area (TPSA) is 79.4 Å². The lowest BCUT2D eigenvalue weighted by Gasteiger charge is -2.07. The number of rotatable bonds is 4. The molecule has 0 aliphatic heterocycles. The van der Waals surface area contributed by atoms with Crippen LogP contribution in [0.25, 0.3) is 5.69 Å². The summed E-state index contributed by atoms with van der Waals surface area (Å²) in [6, 6.07) is 5.26. The van der Waals surface area contributed by atoms with Gasteiger partial charge in [0.25, 0.3) is 0 Å². The molecule has 0 aliphatic carbocycles. The molecule has 1 aromatic heterocycles. The third-order valence-corrected chi connectivity index (χ3v) is 2.58. The second-order valence-electron chi connectivity index (χ2n) is 3.82. The molecule has 0 unspecified atom stereocenters. The largest absolute Gasteiger partial charge is 0.495 e. The number of nitrogens with zero attached hydrogens (tertiary/aromatic N) is 2. The SMILES string of the molecule is CCOC(=O)c1cnn(-c2ccc(N)c(OC)c2)c1. The Bertz CT molecular complexity index is 593.